The third-order valence-electron chi connectivity index (χ3n) is 16.5. The maximum absolute atomic E-state index is 14.3. The summed E-state index contributed by atoms with van der Waals surface area (Å²) in [6.07, 6.45) is 8.78. The number of likely N-dealkylation sites (tertiary alicyclic amines) is 2. The first kappa shape index (κ1) is 47.3. The molecule has 5 aromatic heterocycles. The molecule has 17 nitrogen and oxygen atoms in total. The standard InChI is InChI=1S/C55H62N12O5S/c1-31(2)48(53(71)67-27-39(68)19-44(67)52(70)56-24-34-9-11-36(12-10-34)50-32(3)59-30-73-50)46-21-47(63-72-46)65-28-55(29-65)22-38(23-55)64-16-13-35(14-17-64)37-25-57-54(58-26-37)66-18-15-42-49(33(66)4)41-20-43(61-62-51(41)60-42)40-7-5-6-8-45(40)69/h5-12,20-21,25-26,30-31,33,35,38-39,44,48,68-69H,13-19,22-24,27-29H2,1-4H3,(H,56,70)(H,60,62)/t33-,39+,44-,48?/m0/s1. The Hall–Kier alpha value is -6.76. The number of aliphatic hydroxyl groups excluding tert-OH is 1. The van der Waals surface area contributed by atoms with Crippen molar-refractivity contribution in [3.05, 3.63) is 112 Å². The molecule has 2 aromatic carbocycles. The lowest BCUT2D eigenvalue weighted by Gasteiger charge is -2.61. The Balaban J connectivity index is 0.615. The number of aromatic hydroxyl groups is 1. The SMILES string of the molecule is Cc1ncsc1-c1ccc(CNC(=O)[C@@H]2C[C@@H](O)CN2C(=O)C(c2cc(N3CC4(CC(N5CCC(c6cnc(N7CCc8[nH]c9nnc(-c%10ccccc%10O)cc9c8[C@@H]7C)nc6)CC5)C4)C3)no2)C(C)C)cc1. The fourth-order valence-corrected chi connectivity index (χ4v) is 13.3. The molecule has 9 heterocycles. The highest BCUT2D eigenvalue weighted by Crippen LogP contribution is 2.52. The number of aryl methyl sites for hydroxylation is 1. The van der Waals surface area contributed by atoms with Crippen molar-refractivity contribution in [1.82, 2.24) is 50.4 Å². The minimum atomic E-state index is -0.791. The van der Waals surface area contributed by atoms with E-state index in [1.165, 1.54) is 16.0 Å². The number of rotatable bonds is 12. The van der Waals surface area contributed by atoms with Gasteiger partial charge in [0.25, 0.3) is 0 Å². The predicted molar refractivity (Wildman–Crippen MR) is 278 cm³/mol. The summed E-state index contributed by atoms with van der Waals surface area (Å²) in [4.78, 5) is 55.5. The van der Waals surface area contributed by atoms with E-state index < -0.39 is 18.1 Å². The van der Waals surface area contributed by atoms with Crippen LogP contribution in [0, 0.1) is 18.3 Å². The number of amides is 2. The van der Waals surface area contributed by atoms with Crippen LogP contribution in [0.4, 0.5) is 11.8 Å². The Bertz CT molecular complexity index is 3150. The van der Waals surface area contributed by atoms with Gasteiger partial charge in [-0.05, 0) is 99.3 Å². The summed E-state index contributed by atoms with van der Waals surface area (Å²) >= 11 is 1.60. The highest BCUT2D eigenvalue weighted by Gasteiger charge is 2.55. The average molecular weight is 1000 g/mol. The van der Waals surface area contributed by atoms with Gasteiger partial charge in [-0.3, -0.25) is 9.59 Å². The molecule has 1 unspecified atom stereocenters. The van der Waals surface area contributed by atoms with Gasteiger partial charge in [0.2, 0.25) is 17.8 Å². The minimum absolute atomic E-state index is 0.0244. The number of carbonyl (C=O) groups is 2. The third kappa shape index (κ3) is 8.79. The van der Waals surface area contributed by atoms with Crippen LogP contribution >= 0.6 is 11.3 Å². The zero-order valence-electron chi connectivity index (χ0n) is 41.7. The lowest BCUT2D eigenvalue weighted by atomic mass is 9.60. The number of carbonyl (C=O) groups excluding carboxylic acids is 2. The maximum Gasteiger partial charge on any atom is 0.243 e. The van der Waals surface area contributed by atoms with Crippen LogP contribution in [0.25, 0.3) is 32.7 Å². The van der Waals surface area contributed by atoms with Crippen LogP contribution in [0.2, 0.25) is 0 Å². The monoisotopic (exact) mass is 1000 g/mol. The molecule has 4 fully saturated rings. The molecule has 4 aliphatic heterocycles. The molecule has 1 spiro atoms. The molecule has 2 amide bonds. The van der Waals surface area contributed by atoms with Gasteiger partial charge in [-0.25, -0.2) is 15.0 Å². The summed E-state index contributed by atoms with van der Waals surface area (Å²) in [6.45, 7) is 13.3. The maximum atomic E-state index is 14.3. The van der Waals surface area contributed by atoms with Crippen LogP contribution in [0.15, 0.2) is 83.1 Å². The smallest absolute Gasteiger partial charge is 0.243 e. The van der Waals surface area contributed by atoms with Crippen molar-refractivity contribution in [2.75, 3.05) is 49.1 Å². The fourth-order valence-electron chi connectivity index (χ4n) is 12.5. The largest absolute Gasteiger partial charge is 0.507 e. The number of benzene rings is 2. The number of nitrogens with one attached hydrogen (secondary N) is 2. The van der Waals surface area contributed by atoms with E-state index in [0.29, 0.717) is 35.5 Å². The van der Waals surface area contributed by atoms with Crippen molar-refractivity contribution in [3.8, 4) is 27.4 Å². The van der Waals surface area contributed by atoms with Gasteiger partial charge in [0.15, 0.2) is 17.2 Å². The number of H-pyrrole nitrogens is 1. The van der Waals surface area contributed by atoms with E-state index in [1.807, 2.05) is 87.2 Å². The highest BCUT2D eigenvalue weighted by molar-refractivity contribution is 7.13. The highest BCUT2D eigenvalue weighted by atomic mass is 32.1. The number of aromatic amines is 1. The van der Waals surface area contributed by atoms with Gasteiger partial charge in [0.1, 0.15) is 17.7 Å². The van der Waals surface area contributed by atoms with E-state index in [4.69, 9.17) is 14.5 Å². The Morgan fingerprint density at radius 3 is 2.48 bits per heavy atom. The summed E-state index contributed by atoms with van der Waals surface area (Å²) in [5, 5.41) is 38.6. The summed E-state index contributed by atoms with van der Waals surface area (Å²) < 4.78 is 5.93. The van der Waals surface area contributed by atoms with Crippen molar-refractivity contribution in [2.24, 2.45) is 11.3 Å². The number of phenols is 1. The predicted octanol–water partition coefficient (Wildman–Crippen LogP) is 7.53. The van der Waals surface area contributed by atoms with Crippen LogP contribution in [0.3, 0.4) is 0 Å². The van der Waals surface area contributed by atoms with E-state index in [-0.39, 0.29) is 47.9 Å². The number of para-hydroxylation sites is 1. The van der Waals surface area contributed by atoms with Crippen molar-refractivity contribution < 1.29 is 24.3 Å². The Kier molecular flexibility index (Phi) is 12.3. The van der Waals surface area contributed by atoms with Crippen molar-refractivity contribution in [1.29, 1.82) is 0 Å². The minimum Gasteiger partial charge on any atom is -0.507 e. The van der Waals surface area contributed by atoms with Crippen LogP contribution in [-0.4, -0.2) is 125 Å². The molecule has 73 heavy (non-hydrogen) atoms. The van der Waals surface area contributed by atoms with E-state index in [1.54, 1.807) is 23.5 Å². The fraction of sp³-hybridized carbons (Fsp3) is 0.455. The summed E-state index contributed by atoms with van der Waals surface area (Å²) in [7, 11) is 0. The number of β-amino-alcohol motifs (C(OH)–C–C–N with tert-alkyl or cyclic N) is 1. The number of anilines is 2. The molecule has 4 N–H and O–H groups in total. The number of fused-ring (bicyclic) bond motifs is 3. The molecule has 1 saturated carbocycles. The molecular formula is C55H62N12O5S. The van der Waals surface area contributed by atoms with Gasteiger partial charge in [0, 0.05) is 97.7 Å². The van der Waals surface area contributed by atoms with Gasteiger partial charge in [-0.1, -0.05) is 55.4 Å². The van der Waals surface area contributed by atoms with Gasteiger partial charge >= 0.3 is 0 Å². The zero-order chi connectivity index (χ0) is 50.1. The van der Waals surface area contributed by atoms with Gasteiger partial charge < -0.3 is 44.6 Å². The first-order valence-corrected chi connectivity index (χ1v) is 26.7. The van der Waals surface area contributed by atoms with Crippen LogP contribution in [-0.2, 0) is 22.6 Å². The van der Waals surface area contributed by atoms with E-state index >= 15 is 0 Å². The quantitative estimate of drug-likeness (QED) is 0.0935. The molecule has 3 saturated heterocycles. The molecule has 4 atom stereocenters. The molecule has 5 aliphatic rings. The first-order chi connectivity index (χ1) is 35.4. The summed E-state index contributed by atoms with van der Waals surface area (Å²) in [6, 6.07) is 19.0. The molecule has 7 aromatic rings. The summed E-state index contributed by atoms with van der Waals surface area (Å²) in [5.41, 5.74) is 10.7. The van der Waals surface area contributed by atoms with Crippen molar-refractivity contribution in [3.63, 3.8) is 0 Å². The lowest BCUT2D eigenvalue weighted by molar-refractivity contribution is -0.141. The first-order valence-electron chi connectivity index (χ1n) is 25.8. The van der Waals surface area contributed by atoms with Crippen molar-refractivity contribution >= 4 is 46.0 Å². The van der Waals surface area contributed by atoms with Gasteiger partial charge in [0.05, 0.1) is 33.9 Å². The average Bonchev–Trinajstić information content (AvgIpc) is 4.20. The number of thiazole rings is 1. The Morgan fingerprint density at radius 2 is 1.75 bits per heavy atom. The molecule has 0 bridgehead atoms. The number of hydrogen-bond donors (Lipinski definition) is 4. The van der Waals surface area contributed by atoms with E-state index in [0.717, 1.165) is 115 Å². The number of phenolic OH excluding ortho intramolecular Hbond substituents is 1. The second-order valence-electron chi connectivity index (χ2n) is 21.6. The van der Waals surface area contributed by atoms with Crippen LogP contribution in [0.1, 0.15) is 105 Å². The van der Waals surface area contributed by atoms with E-state index in [9.17, 15) is 19.8 Å². The molecule has 378 valence electrons. The van der Waals surface area contributed by atoms with Crippen LogP contribution in [0.5, 0.6) is 5.75 Å². The zero-order valence-corrected chi connectivity index (χ0v) is 42.6. The number of aromatic nitrogens is 7. The normalized spacial score (nSPS) is 21.7. The molecule has 12 rings (SSSR count). The van der Waals surface area contributed by atoms with Crippen LogP contribution < -0.4 is 15.1 Å². The second-order valence-corrected chi connectivity index (χ2v) is 22.4. The number of aliphatic hydroxyl groups is 1. The number of nitrogens with zero attached hydrogens (tertiary/aromatic N) is 10. The topological polar surface area (TPSA) is 206 Å². The second kappa shape index (κ2) is 18.9. The van der Waals surface area contributed by atoms with Gasteiger partial charge in [-0.2, -0.15) is 0 Å². The lowest BCUT2D eigenvalue weighted by Crippen LogP contribution is -2.67. The Labute approximate surface area is 428 Å². The molecule has 18 heteroatoms. The van der Waals surface area contributed by atoms with E-state index in [2.05, 4.69) is 52.3 Å². The molecule has 0 radical (unpaired) electrons. The molecular weight excluding hydrogens is 941 g/mol. The van der Waals surface area contributed by atoms with Crippen molar-refractivity contribution in [2.45, 2.75) is 109 Å². The van der Waals surface area contributed by atoms with Gasteiger partial charge in [-0.15, -0.1) is 21.5 Å². The Morgan fingerprint density at radius 1 is 0.986 bits per heavy atom. The number of piperidine rings is 1. The summed E-state index contributed by atoms with van der Waals surface area (Å²) in [5.74, 6) is 1.30. The number of hydrogen-bond acceptors (Lipinski definition) is 15. The molecule has 1 aliphatic carbocycles. The third-order valence-corrected chi connectivity index (χ3v) is 17.5.